The molecular weight excluding hydrogens is 387 g/mol. The summed E-state index contributed by atoms with van der Waals surface area (Å²) in [5, 5.41) is 0. The van der Waals surface area contributed by atoms with Crippen molar-refractivity contribution in [3.63, 3.8) is 0 Å². The number of ether oxygens (including phenoxy) is 1. The van der Waals surface area contributed by atoms with E-state index in [0.717, 1.165) is 16.9 Å². The van der Waals surface area contributed by atoms with E-state index < -0.39 is 11.9 Å². The zero-order valence-corrected chi connectivity index (χ0v) is 17.4. The number of carbonyl (C=O) groups excluding carboxylic acids is 2. The summed E-state index contributed by atoms with van der Waals surface area (Å²) in [5.74, 6) is 0.116. The molecule has 4 rings (SSSR count). The van der Waals surface area contributed by atoms with Crippen molar-refractivity contribution in [3.8, 4) is 0 Å². The quantitative estimate of drug-likeness (QED) is 0.775. The van der Waals surface area contributed by atoms with E-state index in [-0.39, 0.29) is 29.8 Å². The summed E-state index contributed by atoms with van der Waals surface area (Å²) in [6.07, 6.45) is 1.28. The van der Waals surface area contributed by atoms with Crippen molar-refractivity contribution in [2.45, 2.75) is 26.8 Å². The molecule has 7 nitrogen and oxygen atoms in total. The number of aryl methyl sites for hydroxylation is 2. The van der Waals surface area contributed by atoms with E-state index in [1.165, 1.54) is 17.0 Å². The molecule has 30 heavy (non-hydrogen) atoms. The fraction of sp³-hybridized carbons (Fsp3) is 0.409. The van der Waals surface area contributed by atoms with E-state index >= 15 is 0 Å². The maximum Gasteiger partial charge on any atom is 0.414 e. The van der Waals surface area contributed by atoms with Crippen LogP contribution in [0.4, 0.5) is 20.7 Å². The first-order chi connectivity index (χ1) is 14.3. The smallest absolute Gasteiger partial charge is 0.414 e. The Morgan fingerprint density at radius 2 is 1.90 bits per heavy atom. The first kappa shape index (κ1) is 20.1. The standard InChI is InChI=1S/C22H25FN4O3/c1-14-10-15(2)20(24-12-14)25-6-8-26(9-7-25)21(28)17-4-5-19(18(23)11-17)27-16(3)13-30-22(27)29/h4-5,10-12,16H,6-9,13H2,1-3H3. The number of amides is 2. The number of benzene rings is 1. The van der Waals surface area contributed by atoms with Crippen molar-refractivity contribution in [2.75, 3.05) is 42.6 Å². The first-order valence-corrected chi connectivity index (χ1v) is 10.1. The van der Waals surface area contributed by atoms with E-state index in [4.69, 9.17) is 4.74 Å². The van der Waals surface area contributed by atoms with Crippen molar-refractivity contribution in [1.29, 1.82) is 0 Å². The van der Waals surface area contributed by atoms with Gasteiger partial charge in [0.15, 0.2) is 0 Å². The molecule has 1 atom stereocenters. The molecule has 158 valence electrons. The number of anilines is 2. The van der Waals surface area contributed by atoms with E-state index in [1.807, 2.05) is 20.0 Å². The van der Waals surface area contributed by atoms with Gasteiger partial charge < -0.3 is 14.5 Å². The van der Waals surface area contributed by atoms with Gasteiger partial charge in [-0.15, -0.1) is 0 Å². The third kappa shape index (κ3) is 3.69. The Kier molecular flexibility index (Phi) is 5.32. The van der Waals surface area contributed by atoms with Crippen LogP contribution in [0.25, 0.3) is 0 Å². The normalized spacial score (nSPS) is 19.3. The Labute approximate surface area is 175 Å². The van der Waals surface area contributed by atoms with Gasteiger partial charge >= 0.3 is 6.09 Å². The van der Waals surface area contributed by atoms with Gasteiger partial charge in [0.05, 0.1) is 11.7 Å². The fourth-order valence-electron chi connectivity index (χ4n) is 4.03. The summed E-state index contributed by atoms with van der Waals surface area (Å²) in [6.45, 7) is 8.46. The number of pyridine rings is 1. The molecule has 1 aromatic heterocycles. The lowest BCUT2D eigenvalue weighted by atomic mass is 10.1. The highest BCUT2D eigenvalue weighted by Crippen LogP contribution is 2.27. The van der Waals surface area contributed by atoms with Gasteiger partial charge in [-0.25, -0.2) is 14.2 Å². The van der Waals surface area contributed by atoms with Crippen LogP contribution in [-0.2, 0) is 4.74 Å². The lowest BCUT2D eigenvalue weighted by molar-refractivity contribution is 0.0746. The van der Waals surface area contributed by atoms with Crippen LogP contribution < -0.4 is 9.80 Å². The molecule has 2 aromatic rings. The molecule has 2 fully saturated rings. The Morgan fingerprint density at radius 1 is 1.17 bits per heavy atom. The summed E-state index contributed by atoms with van der Waals surface area (Å²) in [4.78, 5) is 34.4. The largest absolute Gasteiger partial charge is 0.447 e. The molecule has 1 unspecified atom stereocenters. The van der Waals surface area contributed by atoms with Gasteiger partial charge in [-0.05, 0) is 50.1 Å². The van der Waals surface area contributed by atoms with Gasteiger partial charge in [-0.2, -0.15) is 0 Å². The van der Waals surface area contributed by atoms with Crippen molar-refractivity contribution in [1.82, 2.24) is 9.88 Å². The van der Waals surface area contributed by atoms with Gasteiger partial charge in [-0.1, -0.05) is 6.07 Å². The summed E-state index contributed by atoms with van der Waals surface area (Å²) in [5.41, 5.74) is 2.64. The molecule has 0 radical (unpaired) electrons. The molecule has 0 saturated carbocycles. The summed E-state index contributed by atoms with van der Waals surface area (Å²) in [7, 11) is 0. The van der Waals surface area contributed by atoms with Crippen LogP contribution in [0.15, 0.2) is 30.5 Å². The average molecular weight is 412 g/mol. The monoisotopic (exact) mass is 412 g/mol. The number of aromatic nitrogens is 1. The number of hydrogen-bond acceptors (Lipinski definition) is 5. The number of carbonyl (C=O) groups is 2. The lowest BCUT2D eigenvalue weighted by Crippen LogP contribution is -2.49. The molecule has 2 amide bonds. The second-order valence-electron chi connectivity index (χ2n) is 7.89. The number of cyclic esters (lactones) is 1. The predicted molar refractivity (Wildman–Crippen MR) is 112 cm³/mol. The minimum absolute atomic E-state index is 0.132. The summed E-state index contributed by atoms with van der Waals surface area (Å²) in [6, 6.07) is 6.09. The molecule has 0 spiro atoms. The van der Waals surface area contributed by atoms with Crippen molar-refractivity contribution >= 4 is 23.5 Å². The predicted octanol–water partition coefficient (Wildman–Crippen LogP) is 3.15. The van der Waals surface area contributed by atoms with E-state index in [9.17, 15) is 14.0 Å². The maximum absolute atomic E-state index is 14.7. The van der Waals surface area contributed by atoms with Crippen LogP contribution in [0.5, 0.6) is 0 Å². The molecule has 2 aliphatic heterocycles. The van der Waals surface area contributed by atoms with E-state index in [2.05, 4.69) is 16.0 Å². The van der Waals surface area contributed by atoms with Crippen LogP contribution >= 0.6 is 0 Å². The number of piperazine rings is 1. The van der Waals surface area contributed by atoms with Crippen molar-refractivity contribution in [2.24, 2.45) is 0 Å². The number of hydrogen-bond donors (Lipinski definition) is 0. The maximum atomic E-state index is 14.7. The highest BCUT2D eigenvalue weighted by Gasteiger charge is 2.33. The SMILES string of the molecule is Cc1cnc(N2CCN(C(=O)c3ccc(N4C(=O)OCC4C)c(F)c3)CC2)c(C)c1. The van der Waals surface area contributed by atoms with E-state index in [0.29, 0.717) is 26.2 Å². The third-order valence-electron chi connectivity index (χ3n) is 5.59. The zero-order chi connectivity index (χ0) is 21.4. The molecule has 2 saturated heterocycles. The number of halogens is 1. The lowest BCUT2D eigenvalue weighted by Gasteiger charge is -2.36. The van der Waals surface area contributed by atoms with Crippen molar-refractivity contribution in [3.05, 3.63) is 53.0 Å². The van der Waals surface area contributed by atoms with Gasteiger partial charge in [-0.3, -0.25) is 9.69 Å². The average Bonchev–Trinajstić information content (AvgIpc) is 3.06. The Hall–Kier alpha value is -3.16. The third-order valence-corrected chi connectivity index (χ3v) is 5.59. The highest BCUT2D eigenvalue weighted by atomic mass is 19.1. The Balaban J connectivity index is 1.44. The van der Waals surface area contributed by atoms with E-state index in [1.54, 1.807) is 17.9 Å². The van der Waals surface area contributed by atoms with Gasteiger partial charge in [0.1, 0.15) is 18.2 Å². The molecule has 8 heteroatoms. The Bertz CT molecular complexity index is 988. The molecule has 0 N–H and O–H groups in total. The minimum atomic E-state index is -0.607. The second-order valence-corrected chi connectivity index (χ2v) is 7.89. The van der Waals surface area contributed by atoms with Gasteiger partial charge in [0, 0.05) is 37.9 Å². The van der Waals surface area contributed by atoms with Crippen LogP contribution in [0.2, 0.25) is 0 Å². The van der Waals surface area contributed by atoms with Gasteiger partial charge in [0.25, 0.3) is 5.91 Å². The molecule has 0 aliphatic carbocycles. The van der Waals surface area contributed by atoms with Crippen molar-refractivity contribution < 1.29 is 18.7 Å². The molecule has 0 bridgehead atoms. The second kappa shape index (κ2) is 7.93. The number of nitrogens with zero attached hydrogens (tertiary/aromatic N) is 4. The zero-order valence-electron chi connectivity index (χ0n) is 17.4. The van der Waals surface area contributed by atoms with Crippen LogP contribution in [0.3, 0.4) is 0 Å². The molecule has 1 aromatic carbocycles. The first-order valence-electron chi connectivity index (χ1n) is 10.1. The number of rotatable bonds is 3. The summed E-state index contributed by atoms with van der Waals surface area (Å²) < 4.78 is 19.7. The van der Waals surface area contributed by atoms with Crippen LogP contribution in [0, 0.1) is 19.7 Å². The Morgan fingerprint density at radius 3 is 2.50 bits per heavy atom. The molecule has 2 aliphatic rings. The molecule has 3 heterocycles. The van der Waals surface area contributed by atoms with Gasteiger partial charge in [0.2, 0.25) is 0 Å². The summed E-state index contributed by atoms with van der Waals surface area (Å²) >= 11 is 0. The minimum Gasteiger partial charge on any atom is -0.447 e. The highest BCUT2D eigenvalue weighted by molar-refractivity contribution is 5.96. The van der Waals surface area contributed by atoms with Crippen LogP contribution in [0.1, 0.15) is 28.4 Å². The molecular formula is C22H25FN4O3. The van der Waals surface area contributed by atoms with Crippen LogP contribution in [-0.4, -0.2) is 60.7 Å². The topological polar surface area (TPSA) is 66.0 Å². The fourth-order valence-corrected chi connectivity index (χ4v) is 4.03.